The maximum absolute atomic E-state index is 13.6. The molecule has 4 aromatic rings. The van der Waals surface area contributed by atoms with Gasteiger partial charge >= 0.3 is 6.18 Å². The topological polar surface area (TPSA) is 96.2 Å². The van der Waals surface area contributed by atoms with E-state index in [4.69, 9.17) is 0 Å². The van der Waals surface area contributed by atoms with Gasteiger partial charge in [-0.05, 0) is 48.6 Å². The number of aromatic nitrogens is 2. The van der Waals surface area contributed by atoms with Gasteiger partial charge in [0.25, 0.3) is 11.5 Å². The predicted molar refractivity (Wildman–Crippen MR) is 165 cm³/mol. The number of nitrogens with zero attached hydrogens (tertiary/aromatic N) is 2. The van der Waals surface area contributed by atoms with Gasteiger partial charge in [-0.1, -0.05) is 81.3 Å². The summed E-state index contributed by atoms with van der Waals surface area (Å²) in [6.07, 6.45) is -0.144. The number of fused-ring (bicyclic) bond motifs is 1. The number of carbonyl (C=O) groups is 1. The van der Waals surface area contributed by atoms with Crippen LogP contribution in [0.5, 0.6) is 0 Å². The van der Waals surface area contributed by atoms with Crippen LogP contribution < -0.4 is 16.2 Å². The Labute approximate surface area is 255 Å². The number of alkyl halides is 3. The van der Waals surface area contributed by atoms with Crippen LogP contribution in [-0.4, -0.2) is 39.3 Å². The minimum atomic E-state index is -4.45. The molecule has 0 saturated heterocycles. The fourth-order valence-electron chi connectivity index (χ4n) is 5.46. The average Bonchev–Trinajstić information content (AvgIpc) is 3.01. The zero-order valence-electron chi connectivity index (χ0n) is 25.0. The van der Waals surface area contributed by atoms with Crippen LogP contribution in [0, 0.1) is 0 Å². The average molecular weight is 609 g/mol. The second-order valence-corrected chi connectivity index (χ2v) is 11.1. The van der Waals surface area contributed by atoms with Crippen LogP contribution >= 0.6 is 0 Å². The van der Waals surface area contributed by atoms with E-state index in [2.05, 4.69) is 29.5 Å². The quantitative estimate of drug-likeness (QED) is 0.162. The normalized spacial score (nSPS) is 13.2. The van der Waals surface area contributed by atoms with Crippen LogP contribution in [-0.2, 0) is 19.1 Å². The van der Waals surface area contributed by atoms with Gasteiger partial charge in [0.05, 0.1) is 40.5 Å². The lowest BCUT2D eigenvalue weighted by molar-refractivity contribution is -0.137. The first-order chi connectivity index (χ1) is 21.1. The molecule has 0 unspecified atom stereocenters. The summed E-state index contributed by atoms with van der Waals surface area (Å²) < 4.78 is 41.0. The molecule has 0 fully saturated rings. The van der Waals surface area contributed by atoms with Crippen LogP contribution in [0.25, 0.3) is 10.9 Å². The number of para-hydroxylation sites is 1. The Hall–Kier alpha value is -4.02. The Kier molecular flexibility index (Phi) is 11.3. The summed E-state index contributed by atoms with van der Waals surface area (Å²) in [4.78, 5) is 31.6. The molecule has 0 spiro atoms. The van der Waals surface area contributed by atoms with Crippen molar-refractivity contribution in [2.75, 3.05) is 6.54 Å². The van der Waals surface area contributed by atoms with Crippen molar-refractivity contribution in [3.8, 4) is 0 Å². The Morgan fingerprint density at radius 1 is 0.955 bits per heavy atom. The molecule has 4 rings (SSSR count). The molecule has 0 radical (unpaired) electrons. The van der Waals surface area contributed by atoms with Gasteiger partial charge in [0.1, 0.15) is 0 Å². The van der Waals surface area contributed by atoms with E-state index in [1.54, 1.807) is 28.8 Å². The monoisotopic (exact) mass is 608 g/mol. The van der Waals surface area contributed by atoms with Crippen LogP contribution in [0.15, 0.2) is 83.9 Å². The molecule has 234 valence electrons. The van der Waals surface area contributed by atoms with Crippen LogP contribution in [0.4, 0.5) is 13.2 Å². The first kappa shape index (κ1) is 32.9. The summed E-state index contributed by atoms with van der Waals surface area (Å²) in [6, 6.07) is 18.5. The summed E-state index contributed by atoms with van der Waals surface area (Å²) >= 11 is 0. The van der Waals surface area contributed by atoms with Crippen LogP contribution in [0.3, 0.4) is 0 Å². The maximum atomic E-state index is 13.6. The van der Waals surface area contributed by atoms with E-state index >= 15 is 0 Å². The summed E-state index contributed by atoms with van der Waals surface area (Å²) in [5.41, 5.74) is 0.865. The van der Waals surface area contributed by atoms with Crippen molar-refractivity contribution in [3.05, 3.63) is 112 Å². The fraction of sp³-hybridized carbons (Fsp3) is 0.382. The third-order valence-electron chi connectivity index (χ3n) is 7.71. The van der Waals surface area contributed by atoms with Crippen molar-refractivity contribution in [1.29, 1.82) is 0 Å². The molecule has 1 aromatic heterocycles. The predicted octanol–water partition coefficient (Wildman–Crippen LogP) is 6.05. The van der Waals surface area contributed by atoms with Gasteiger partial charge < -0.3 is 15.7 Å². The van der Waals surface area contributed by atoms with Gasteiger partial charge in [-0.15, -0.1) is 0 Å². The Balaban J connectivity index is 1.54. The van der Waals surface area contributed by atoms with Gasteiger partial charge in [0.2, 0.25) is 0 Å². The number of aliphatic hydroxyl groups is 1. The van der Waals surface area contributed by atoms with E-state index in [9.17, 15) is 27.9 Å². The largest absolute Gasteiger partial charge is 0.416 e. The van der Waals surface area contributed by atoms with Crippen molar-refractivity contribution in [3.63, 3.8) is 0 Å². The van der Waals surface area contributed by atoms with E-state index in [1.807, 2.05) is 30.3 Å². The molecule has 10 heteroatoms. The molecule has 44 heavy (non-hydrogen) atoms. The molecule has 0 aliphatic rings. The number of halogens is 3. The summed E-state index contributed by atoms with van der Waals surface area (Å²) in [7, 11) is 0. The SMILES string of the molecule is CCCC(CCC)n1cnc2c(C(=O)N[C@@H](Cc3ccccc3)[C@@H](O)CNCc3cccc(C(F)(F)F)c3)cccc2c1=O. The summed E-state index contributed by atoms with van der Waals surface area (Å²) in [6.45, 7) is 4.27. The van der Waals surface area contributed by atoms with Crippen molar-refractivity contribution >= 4 is 16.8 Å². The first-order valence-corrected chi connectivity index (χ1v) is 15.0. The highest BCUT2D eigenvalue weighted by atomic mass is 19.4. The molecular weight excluding hydrogens is 569 g/mol. The van der Waals surface area contributed by atoms with E-state index in [0.717, 1.165) is 43.4 Å². The number of nitrogens with one attached hydrogen (secondary N) is 2. The molecule has 0 aliphatic heterocycles. The zero-order valence-corrected chi connectivity index (χ0v) is 25.0. The Morgan fingerprint density at radius 2 is 1.64 bits per heavy atom. The van der Waals surface area contributed by atoms with E-state index in [0.29, 0.717) is 17.4 Å². The number of hydrogen-bond acceptors (Lipinski definition) is 5. The molecule has 0 aliphatic carbocycles. The number of amides is 1. The first-order valence-electron chi connectivity index (χ1n) is 15.0. The van der Waals surface area contributed by atoms with Crippen molar-refractivity contribution in [2.45, 2.75) is 76.9 Å². The lowest BCUT2D eigenvalue weighted by Gasteiger charge is -2.25. The molecule has 1 amide bonds. The highest BCUT2D eigenvalue weighted by molar-refractivity contribution is 6.05. The van der Waals surface area contributed by atoms with Gasteiger partial charge in [0, 0.05) is 19.1 Å². The highest BCUT2D eigenvalue weighted by Crippen LogP contribution is 2.29. The molecule has 2 atom stereocenters. The molecule has 3 N–H and O–H groups in total. The standard InChI is InChI=1S/C34H39F3N4O3/c1-3-10-26(11-4-2)41-22-39-31-27(16-9-17-28(31)33(41)44)32(43)40-29(19-23-12-6-5-7-13-23)30(42)21-38-20-24-14-8-15-25(18-24)34(35,36)37/h5-9,12-18,22,26,29-30,38,42H,3-4,10-11,19-21H2,1-2H3,(H,40,43)/t29-,30-/m0/s1. The Bertz CT molecular complexity index is 1580. The van der Waals surface area contributed by atoms with Gasteiger partial charge in [0.15, 0.2) is 0 Å². The molecule has 0 saturated carbocycles. The van der Waals surface area contributed by atoms with Crippen LogP contribution in [0.2, 0.25) is 0 Å². The van der Waals surface area contributed by atoms with Crippen molar-refractivity contribution in [2.24, 2.45) is 0 Å². The van der Waals surface area contributed by atoms with Crippen LogP contribution in [0.1, 0.15) is 72.6 Å². The third kappa shape index (κ3) is 8.33. The lowest BCUT2D eigenvalue weighted by Crippen LogP contribution is -2.48. The second-order valence-electron chi connectivity index (χ2n) is 11.1. The van der Waals surface area contributed by atoms with Gasteiger partial charge in [-0.2, -0.15) is 13.2 Å². The number of aliphatic hydroxyl groups excluding tert-OH is 1. The summed E-state index contributed by atoms with van der Waals surface area (Å²) in [5, 5.41) is 17.4. The van der Waals surface area contributed by atoms with E-state index < -0.39 is 29.8 Å². The Morgan fingerprint density at radius 3 is 2.32 bits per heavy atom. The van der Waals surface area contributed by atoms with Crippen molar-refractivity contribution < 1.29 is 23.1 Å². The van der Waals surface area contributed by atoms with Gasteiger partial charge in [-0.3, -0.25) is 14.2 Å². The smallest absolute Gasteiger partial charge is 0.390 e. The second kappa shape index (κ2) is 15.1. The minimum absolute atomic E-state index is 0.0166. The van der Waals surface area contributed by atoms with E-state index in [1.165, 1.54) is 12.4 Å². The fourth-order valence-corrected chi connectivity index (χ4v) is 5.46. The number of carbonyl (C=O) groups excluding carboxylic acids is 1. The maximum Gasteiger partial charge on any atom is 0.416 e. The molecular formula is C34H39F3N4O3. The van der Waals surface area contributed by atoms with Crippen molar-refractivity contribution in [1.82, 2.24) is 20.2 Å². The molecule has 1 heterocycles. The number of rotatable bonds is 14. The van der Waals surface area contributed by atoms with Gasteiger partial charge in [-0.25, -0.2) is 4.98 Å². The minimum Gasteiger partial charge on any atom is -0.390 e. The van der Waals surface area contributed by atoms with E-state index in [-0.39, 0.29) is 35.8 Å². The third-order valence-corrected chi connectivity index (χ3v) is 7.71. The lowest BCUT2D eigenvalue weighted by atomic mass is 10.00. The number of hydrogen-bond donors (Lipinski definition) is 3. The molecule has 7 nitrogen and oxygen atoms in total. The molecule has 3 aromatic carbocycles. The highest BCUT2D eigenvalue weighted by Gasteiger charge is 2.30. The number of benzene rings is 3. The molecule has 0 bridgehead atoms. The zero-order chi connectivity index (χ0) is 31.7. The summed E-state index contributed by atoms with van der Waals surface area (Å²) in [5.74, 6) is -0.489.